The highest BCUT2D eigenvalue weighted by molar-refractivity contribution is 5.85. The summed E-state index contributed by atoms with van der Waals surface area (Å²) in [6, 6.07) is 4.22. The van der Waals surface area contributed by atoms with Gasteiger partial charge in [0.05, 0.1) is 0 Å². The largest absolute Gasteiger partial charge is 0.203 e. The van der Waals surface area contributed by atoms with Gasteiger partial charge in [-0.3, -0.25) is 0 Å². The molecule has 0 amide bonds. The molecule has 18 heavy (non-hydrogen) atoms. The summed E-state index contributed by atoms with van der Waals surface area (Å²) in [6.07, 6.45) is 0. The maximum absolute atomic E-state index is 13.6. The third-order valence-corrected chi connectivity index (χ3v) is 2.94. The molecule has 0 heterocycles. The fourth-order valence-corrected chi connectivity index (χ4v) is 1.81. The first-order chi connectivity index (χ1) is 8.23. The van der Waals surface area contributed by atoms with Crippen LogP contribution in [0.1, 0.15) is 26.3 Å². The molecule has 0 aromatic heterocycles. The molecule has 0 fully saturated rings. The molecule has 96 valence electrons. The molecule has 0 bridgehead atoms. The average Bonchev–Trinajstić information content (AvgIpc) is 2.32. The number of hydrogen-bond acceptors (Lipinski definition) is 0. The van der Waals surface area contributed by atoms with Gasteiger partial charge in [-0.1, -0.05) is 32.9 Å². The van der Waals surface area contributed by atoms with E-state index in [9.17, 15) is 17.6 Å². The Kier molecular flexibility index (Phi) is 2.84. The van der Waals surface area contributed by atoms with Crippen LogP contribution in [0, 0.1) is 23.3 Å². The van der Waals surface area contributed by atoms with Crippen molar-refractivity contribution in [1.29, 1.82) is 0 Å². The molecule has 0 spiro atoms. The summed E-state index contributed by atoms with van der Waals surface area (Å²) < 4.78 is 53.3. The van der Waals surface area contributed by atoms with Gasteiger partial charge in [0.25, 0.3) is 0 Å². The first kappa shape index (κ1) is 12.9. The fraction of sp³-hybridized carbons (Fsp3) is 0.286. The summed E-state index contributed by atoms with van der Waals surface area (Å²) in [6.45, 7) is 5.67. The minimum atomic E-state index is -1.77. The van der Waals surface area contributed by atoms with E-state index in [-0.39, 0.29) is 16.2 Å². The van der Waals surface area contributed by atoms with Crippen LogP contribution in [-0.4, -0.2) is 0 Å². The molecule has 0 saturated carbocycles. The van der Waals surface area contributed by atoms with E-state index in [1.54, 1.807) is 6.07 Å². The van der Waals surface area contributed by atoms with Crippen LogP contribution < -0.4 is 0 Å². The summed E-state index contributed by atoms with van der Waals surface area (Å²) in [7, 11) is 0. The zero-order chi connectivity index (χ0) is 13.7. The molecule has 0 nitrogen and oxygen atoms in total. The highest BCUT2D eigenvalue weighted by atomic mass is 19.2. The number of benzene rings is 2. The van der Waals surface area contributed by atoms with Crippen LogP contribution >= 0.6 is 0 Å². The summed E-state index contributed by atoms with van der Waals surface area (Å²) in [5.74, 6) is -6.26. The Balaban J connectivity index is 2.87. The van der Waals surface area contributed by atoms with Crippen LogP contribution in [0.15, 0.2) is 18.2 Å². The zero-order valence-electron chi connectivity index (χ0n) is 10.2. The average molecular weight is 256 g/mol. The predicted molar refractivity (Wildman–Crippen MR) is 62.5 cm³/mol. The van der Waals surface area contributed by atoms with Crippen molar-refractivity contribution >= 4 is 10.8 Å². The van der Waals surface area contributed by atoms with Gasteiger partial charge < -0.3 is 0 Å². The van der Waals surface area contributed by atoms with Crippen molar-refractivity contribution in [1.82, 2.24) is 0 Å². The van der Waals surface area contributed by atoms with Crippen LogP contribution in [0.2, 0.25) is 0 Å². The first-order valence-corrected chi connectivity index (χ1v) is 5.49. The Hall–Kier alpha value is -1.58. The Labute approximate surface area is 102 Å². The Bertz CT molecular complexity index is 624. The van der Waals surface area contributed by atoms with Gasteiger partial charge in [-0.2, -0.15) is 0 Å². The van der Waals surface area contributed by atoms with E-state index in [1.807, 2.05) is 20.8 Å². The zero-order valence-corrected chi connectivity index (χ0v) is 10.2. The maximum Gasteiger partial charge on any atom is 0.198 e. The van der Waals surface area contributed by atoms with Crippen molar-refractivity contribution in [2.75, 3.05) is 0 Å². The van der Waals surface area contributed by atoms with Gasteiger partial charge in [-0.05, 0) is 17.0 Å². The van der Waals surface area contributed by atoms with Gasteiger partial charge in [0.15, 0.2) is 23.3 Å². The van der Waals surface area contributed by atoms with E-state index in [1.165, 1.54) is 12.1 Å². The smallest absolute Gasteiger partial charge is 0.198 e. The number of rotatable bonds is 0. The second-order valence-corrected chi connectivity index (χ2v) is 5.27. The standard InChI is InChI=1S/C14H12F4/c1-14(2,3)7-4-5-8-9(6-7)11(16)13(18)12(17)10(8)15/h4-6H,1-3H3. The second-order valence-electron chi connectivity index (χ2n) is 5.27. The van der Waals surface area contributed by atoms with Crippen molar-refractivity contribution in [3.8, 4) is 0 Å². The molecule has 2 rings (SSSR count). The molecular formula is C14H12F4. The lowest BCUT2D eigenvalue weighted by Crippen LogP contribution is -2.11. The highest BCUT2D eigenvalue weighted by Gasteiger charge is 2.22. The first-order valence-electron chi connectivity index (χ1n) is 5.49. The van der Waals surface area contributed by atoms with Crippen LogP contribution in [-0.2, 0) is 5.41 Å². The van der Waals surface area contributed by atoms with Crippen molar-refractivity contribution in [2.24, 2.45) is 0 Å². The molecule has 0 aliphatic heterocycles. The Morgan fingerprint density at radius 3 is 1.72 bits per heavy atom. The number of halogens is 4. The van der Waals surface area contributed by atoms with E-state index in [0.717, 1.165) is 5.56 Å². The van der Waals surface area contributed by atoms with Gasteiger partial charge in [-0.25, -0.2) is 17.6 Å². The third kappa shape index (κ3) is 1.85. The van der Waals surface area contributed by atoms with Crippen molar-refractivity contribution in [2.45, 2.75) is 26.2 Å². The van der Waals surface area contributed by atoms with Gasteiger partial charge in [-0.15, -0.1) is 0 Å². The van der Waals surface area contributed by atoms with Gasteiger partial charge in [0.1, 0.15) is 0 Å². The molecule has 0 saturated heterocycles. The van der Waals surface area contributed by atoms with Crippen LogP contribution in [0.25, 0.3) is 10.8 Å². The predicted octanol–water partition coefficient (Wildman–Crippen LogP) is 4.69. The van der Waals surface area contributed by atoms with Crippen LogP contribution in [0.3, 0.4) is 0 Å². The summed E-state index contributed by atoms with van der Waals surface area (Å²) in [4.78, 5) is 0. The summed E-state index contributed by atoms with van der Waals surface area (Å²) >= 11 is 0. The Morgan fingerprint density at radius 1 is 0.722 bits per heavy atom. The maximum atomic E-state index is 13.6. The topological polar surface area (TPSA) is 0 Å². The molecule has 4 heteroatoms. The monoisotopic (exact) mass is 256 g/mol. The minimum absolute atomic E-state index is 0.237. The fourth-order valence-electron chi connectivity index (χ4n) is 1.81. The van der Waals surface area contributed by atoms with Gasteiger partial charge >= 0.3 is 0 Å². The molecule has 0 unspecified atom stereocenters. The minimum Gasteiger partial charge on any atom is -0.203 e. The highest BCUT2D eigenvalue weighted by Crippen LogP contribution is 2.31. The number of hydrogen-bond donors (Lipinski definition) is 0. The quantitative estimate of drug-likeness (QED) is 0.364. The number of fused-ring (bicyclic) bond motifs is 1. The molecule has 2 aromatic carbocycles. The van der Waals surface area contributed by atoms with E-state index >= 15 is 0 Å². The van der Waals surface area contributed by atoms with Gasteiger partial charge in [0, 0.05) is 10.8 Å². The molecule has 2 aromatic rings. The van der Waals surface area contributed by atoms with Gasteiger partial charge in [0.2, 0.25) is 0 Å². The molecule has 0 aliphatic rings. The summed E-state index contributed by atoms with van der Waals surface area (Å²) in [5, 5.41) is -0.488. The normalized spacial score (nSPS) is 12.2. The van der Waals surface area contributed by atoms with Crippen molar-refractivity contribution < 1.29 is 17.6 Å². The van der Waals surface area contributed by atoms with E-state index in [0.29, 0.717) is 0 Å². The lowest BCUT2D eigenvalue weighted by atomic mass is 9.86. The van der Waals surface area contributed by atoms with Crippen LogP contribution in [0.5, 0.6) is 0 Å². The van der Waals surface area contributed by atoms with E-state index < -0.39 is 23.3 Å². The molecular weight excluding hydrogens is 244 g/mol. The SMILES string of the molecule is CC(C)(C)c1ccc2c(F)c(F)c(F)c(F)c2c1. The molecule has 0 radical (unpaired) electrons. The lowest BCUT2D eigenvalue weighted by molar-refractivity contribution is 0.418. The third-order valence-electron chi connectivity index (χ3n) is 2.94. The van der Waals surface area contributed by atoms with Crippen LogP contribution in [0.4, 0.5) is 17.6 Å². The van der Waals surface area contributed by atoms with E-state index in [2.05, 4.69) is 0 Å². The van der Waals surface area contributed by atoms with Crippen molar-refractivity contribution in [3.63, 3.8) is 0 Å². The van der Waals surface area contributed by atoms with E-state index in [4.69, 9.17) is 0 Å². The lowest BCUT2D eigenvalue weighted by Gasteiger charge is -2.19. The Morgan fingerprint density at radius 2 is 1.22 bits per heavy atom. The molecule has 0 N–H and O–H groups in total. The molecule has 0 aliphatic carbocycles. The summed E-state index contributed by atoms with van der Waals surface area (Å²) in [5.41, 5.74) is 0.432. The molecule has 0 atom stereocenters. The second kappa shape index (κ2) is 3.97. The van der Waals surface area contributed by atoms with Crippen molar-refractivity contribution in [3.05, 3.63) is 47.0 Å².